The number of hydrogen-bond donors (Lipinski definition) is 1. The monoisotopic (exact) mass is 253 g/mol. The average Bonchev–Trinajstić information content (AvgIpc) is 2.80. The SMILES string of the molecule is CCC(CC(CCC1CCCC1)NC)C(C)(C)C. The zero-order valence-electron chi connectivity index (χ0n) is 13.4. The highest BCUT2D eigenvalue weighted by atomic mass is 14.9. The van der Waals surface area contributed by atoms with E-state index in [0.29, 0.717) is 5.41 Å². The molecule has 1 fully saturated rings. The summed E-state index contributed by atoms with van der Waals surface area (Å²) in [5, 5.41) is 3.56. The number of rotatable bonds is 7. The highest BCUT2D eigenvalue weighted by molar-refractivity contribution is 4.79. The van der Waals surface area contributed by atoms with Gasteiger partial charge in [0.1, 0.15) is 0 Å². The third-order valence-electron chi connectivity index (χ3n) is 5.09. The van der Waals surface area contributed by atoms with Crippen molar-refractivity contribution >= 4 is 0 Å². The molecular formula is C17H35N. The summed E-state index contributed by atoms with van der Waals surface area (Å²) in [4.78, 5) is 0. The highest BCUT2D eigenvalue weighted by Crippen LogP contribution is 2.34. The number of hydrogen-bond acceptors (Lipinski definition) is 1. The lowest BCUT2D eigenvalue weighted by atomic mass is 9.75. The van der Waals surface area contributed by atoms with Gasteiger partial charge >= 0.3 is 0 Å². The quantitative estimate of drug-likeness (QED) is 0.672. The largest absolute Gasteiger partial charge is 0.317 e. The van der Waals surface area contributed by atoms with Crippen LogP contribution in [0.25, 0.3) is 0 Å². The van der Waals surface area contributed by atoms with E-state index in [1.807, 2.05) is 0 Å². The molecule has 0 aromatic heterocycles. The molecule has 0 saturated heterocycles. The fraction of sp³-hybridized carbons (Fsp3) is 1.00. The van der Waals surface area contributed by atoms with Crippen molar-refractivity contribution in [2.24, 2.45) is 17.3 Å². The predicted octanol–water partition coefficient (Wildman–Crippen LogP) is 5.01. The van der Waals surface area contributed by atoms with Gasteiger partial charge in [0.15, 0.2) is 0 Å². The molecule has 18 heavy (non-hydrogen) atoms. The van der Waals surface area contributed by atoms with E-state index in [9.17, 15) is 0 Å². The summed E-state index contributed by atoms with van der Waals surface area (Å²) in [5.41, 5.74) is 0.456. The first kappa shape index (κ1) is 16.0. The molecule has 0 spiro atoms. The standard InChI is InChI=1S/C17H35N/c1-6-15(17(2,3)4)13-16(18-5)12-11-14-9-7-8-10-14/h14-16,18H,6-13H2,1-5H3. The molecule has 0 heterocycles. The van der Waals surface area contributed by atoms with Crippen molar-refractivity contribution in [2.45, 2.75) is 85.1 Å². The lowest BCUT2D eigenvalue weighted by Crippen LogP contribution is -2.32. The summed E-state index contributed by atoms with van der Waals surface area (Å²) < 4.78 is 0. The first-order valence-electron chi connectivity index (χ1n) is 8.14. The van der Waals surface area contributed by atoms with Gasteiger partial charge in [-0.2, -0.15) is 0 Å². The van der Waals surface area contributed by atoms with Crippen LogP contribution in [0.15, 0.2) is 0 Å². The fourth-order valence-corrected chi connectivity index (χ4v) is 3.59. The molecule has 1 saturated carbocycles. The molecular weight excluding hydrogens is 218 g/mol. The minimum Gasteiger partial charge on any atom is -0.317 e. The van der Waals surface area contributed by atoms with E-state index in [2.05, 4.69) is 40.1 Å². The molecule has 2 unspecified atom stereocenters. The summed E-state index contributed by atoms with van der Waals surface area (Å²) in [5.74, 6) is 1.88. The fourth-order valence-electron chi connectivity index (χ4n) is 3.59. The van der Waals surface area contributed by atoms with Crippen molar-refractivity contribution in [2.75, 3.05) is 7.05 Å². The summed E-state index contributed by atoms with van der Waals surface area (Å²) in [6, 6.07) is 0.731. The van der Waals surface area contributed by atoms with E-state index < -0.39 is 0 Å². The lowest BCUT2D eigenvalue weighted by molar-refractivity contribution is 0.193. The van der Waals surface area contributed by atoms with E-state index in [-0.39, 0.29) is 0 Å². The molecule has 0 aromatic carbocycles. The van der Waals surface area contributed by atoms with Crippen LogP contribution in [0.5, 0.6) is 0 Å². The molecule has 0 radical (unpaired) electrons. The minimum absolute atomic E-state index is 0.456. The topological polar surface area (TPSA) is 12.0 Å². The van der Waals surface area contributed by atoms with Gasteiger partial charge in [0.05, 0.1) is 0 Å². The minimum atomic E-state index is 0.456. The first-order valence-corrected chi connectivity index (χ1v) is 8.14. The van der Waals surface area contributed by atoms with Crippen LogP contribution >= 0.6 is 0 Å². The van der Waals surface area contributed by atoms with Crippen LogP contribution in [-0.4, -0.2) is 13.1 Å². The second-order valence-electron chi connectivity index (χ2n) is 7.42. The van der Waals surface area contributed by atoms with Gasteiger partial charge in [0.25, 0.3) is 0 Å². The van der Waals surface area contributed by atoms with Crippen molar-refractivity contribution in [1.29, 1.82) is 0 Å². The molecule has 2 atom stereocenters. The van der Waals surface area contributed by atoms with Crippen LogP contribution in [0.3, 0.4) is 0 Å². The highest BCUT2D eigenvalue weighted by Gasteiger charge is 2.26. The number of nitrogens with one attached hydrogen (secondary N) is 1. The third kappa shape index (κ3) is 5.30. The van der Waals surface area contributed by atoms with E-state index >= 15 is 0 Å². The van der Waals surface area contributed by atoms with Gasteiger partial charge in [-0.05, 0) is 43.6 Å². The molecule has 1 aliphatic carbocycles. The molecule has 108 valence electrons. The van der Waals surface area contributed by atoms with E-state index in [1.54, 1.807) is 0 Å². The van der Waals surface area contributed by atoms with Crippen LogP contribution < -0.4 is 5.32 Å². The first-order chi connectivity index (χ1) is 8.47. The maximum absolute atomic E-state index is 3.56. The zero-order valence-corrected chi connectivity index (χ0v) is 13.4. The summed E-state index contributed by atoms with van der Waals surface area (Å²) >= 11 is 0. The Balaban J connectivity index is 2.35. The summed E-state index contributed by atoms with van der Waals surface area (Å²) in [6.45, 7) is 9.53. The van der Waals surface area contributed by atoms with E-state index in [0.717, 1.165) is 17.9 Å². The van der Waals surface area contributed by atoms with Crippen LogP contribution in [0.4, 0.5) is 0 Å². The van der Waals surface area contributed by atoms with Gasteiger partial charge in [0, 0.05) is 6.04 Å². The summed E-state index contributed by atoms with van der Waals surface area (Å²) in [6.07, 6.45) is 11.4. The van der Waals surface area contributed by atoms with Crippen LogP contribution in [0.1, 0.15) is 79.1 Å². The van der Waals surface area contributed by atoms with Crippen LogP contribution in [0, 0.1) is 17.3 Å². The maximum atomic E-state index is 3.56. The van der Waals surface area contributed by atoms with Gasteiger partial charge in [-0.1, -0.05) is 59.8 Å². The molecule has 1 heteroatoms. The van der Waals surface area contributed by atoms with Crippen molar-refractivity contribution in [3.05, 3.63) is 0 Å². The third-order valence-corrected chi connectivity index (χ3v) is 5.09. The summed E-state index contributed by atoms with van der Waals surface area (Å²) in [7, 11) is 2.15. The molecule has 1 rings (SSSR count). The Bertz CT molecular complexity index is 210. The van der Waals surface area contributed by atoms with Gasteiger partial charge < -0.3 is 5.32 Å². The Morgan fingerprint density at radius 2 is 1.78 bits per heavy atom. The Morgan fingerprint density at radius 3 is 2.22 bits per heavy atom. The molecule has 1 nitrogen and oxygen atoms in total. The maximum Gasteiger partial charge on any atom is 0.00670 e. The second-order valence-corrected chi connectivity index (χ2v) is 7.42. The second kappa shape index (κ2) is 7.53. The lowest BCUT2D eigenvalue weighted by Gasteiger charge is -2.33. The Kier molecular flexibility index (Phi) is 6.70. The smallest absolute Gasteiger partial charge is 0.00670 e. The van der Waals surface area contributed by atoms with Crippen molar-refractivity contribution in [3.63, 3.8) is 0 Å². The predicted molar refractivity (Wildman–Crippen MR) is 81.9 cm³/mol. The van der Waals surface area contributed by atoms with Crippen molar-refractivity contribution in [1.82, 2.24) is 5.32 Å². The van der Waals surface area contributed by atoms with Gasteiger partial charge in [0.2, 0.25) is 0 Å². The van der Waals surface area contributed by atoms with E-state index in [4.69, 9.17) is 0 Å². The molecule has 1 aliphatic rings. The molecule has 0 amide bonds. The van der Waals surface area contributed by atoms with Gasteiger partial charge in [-0.25, -0.2) is 0 Å². The van der Waals surface area contributed by atoms with Crippen LogP contribution in [0.2, 0.25) is 0 Å². The molecule has 0 aromatic rings. The van der Waals surface area contributed by atoms with Crippen LogP contribution in [-0.2, 0) is 0 Å². The zero-order chi connectivity index (χ0) is 13.6. The average molecular weight is 253 g/mol. The van der Waals surface area contributed by atoms with Gasteiger partial charge in [-0.15, -0.1) is 0 Å². The van der Waals surface area contributed by atoms with Crippen molar-refractivity contribution < 1.29 is 0 Å². The normalized spacial score (nSPS) is 21.2. The molecule has 1 N–H and O–H groups in total. The Labute approximate surface area is 115 Å². The Hall–Kier alpha value is -0.0400. The van der Waals surface area contributed by atoms with Crippen molar-refractivity contribution in [3.8, 4) is 0 Å². The molecule has 0 aliphatic heterocycles. The molecule has 0 bridgehead atoms. The Morgan fingerprint density at radius 1 is 1.17 bits per heavy atom. The van der Waals surface area contributed by atoms with E-state index in [1.165, 1.54) is 51.4 Å². The van der Waals surface area contributed by atoms with Gasteiger partial charge in [-0.3, -0.25) is 0 Å².